The number of carbonyl (C=O) groups excluding carboxylic acids is 1. The van der Waals surface area contributed by atoms with Gasteiger partial charge in [-0.25, -0.2) is 0 Å². The molecule has 1 aromatic rings. The molecular formula is C11H14FN3O3. The van der Waals surface area contributed by atoms with Crippen LogP contribution in [0.25, 0.3) is 0 Å². The summed E-state index contributed by atoms with van der Waals surface area (Å²) in [6, 6.07) is 2.46. The number of carbonyl (C=O) groups is 1. The first-order valence-corrected chi connectivity index (χ1v) is 5.46. The van der Waals surface area contributed by atoms with Crippen molar-refractivity contribution in [2.24, 2.45) is 5.73 Å². The summed E-state index contributed by atoms with van der Waals surface area (Å²) < 4.78 is 13.1. The Hall–Kier alpha value is -2.02. The normalized spacial score (nSPS) is 11.9. The van der Waals surface area contributed by atoms with Crippen LogP contribution in [0.15, 0.2) is 18.2 Å². The fourth-order valence-corrected chi connectivity index (χ4v) is 1.41. The lowest BCUT2D eigenvalue weighted by Crippen LogP contribution is -2.35. The number of nitrogens with zero attached hydrogens (tertiary/aromatic N) is 1. The van der Waals surface area contributed by atoms with E-state index < -0.39 is 28.4 Å². The van der Waals surface area contributed by atoms with Crippen molar-refractivity contribution in [2.75, 3.05) is 5.32 Å². The molecule has 0 aliphatic heterocycles. The van der Waals surface area contributed by atoms with Crippen molar-refractivity contribution in [2.45, 2.75) is 25.8 Å². The van der Waals surface area contributed by atoms with Crippen molar-refractivity contribution in [1.29, 1.82) is 0 Å². The number of hydrogen-bond donors (Lipinski definition) is 2. The number of hydrogen-bond acceptors (Lipinski definition) is 4. The van der Waals surface area contributed by atoms with Crippen LogP contribution in [0.3, 0.4) is 0 Å². The first kappa shape index (κ1) is 14.0. The first-order valence-electron chi connectivity index (χ1n) is 5.46. The second-order valence-electron chi connectivity index (χ2n) is 3.81. The molecule has 6 nitrogen and oxygen atoms in total. The monoisotopic (exact) mass is 255 g/mol. The van der Waals surface area contributed by atoms with Crippen LogP contribution in [0.4, 0.5) is 15.8 Å². The summed E-state index contributed by atoms with van der Waals surface area (Å²) in [5.41, 5.74) is 5.05. The van der Waals surface area contributed by atoms with Gasteiger partial charge in [0, 0.05) is 11.8 Å². The van der Waals surface area contributed by atoms with Crippen LogP contribution in [0, 0.1) is 15.9 Å². The zero-order chi connectivity index (χ0) is 13.7. The third-order valence-corrected chi connectivity index (χ3v) is 2.35. The van der Waals surface area contributed by atoms with E-state index in [2.05, 4.69) is 5.32 Å². The molecule has 1 amide bonds. The highest BCUT2D eigenvalue weighted by molar-refractivity contribution is 5.94. The SMILES string of the molecule is CCC[C@H](N)C(=O)Nc1ccc(F)c([N+](=O)[O-])c1. The Morgan fingerprint density at radius 3 is 2.83 bits per heavy atom. The Kier molecular flexibility index (Phi) is 4.73. The fraction of sp³-hybridized carbons (Fsp3) is 0.364. The van der Waals surface area contributed by atoms with Gasteiger partial charge in [-0.15, -0.1) is 0 Å². The zero-order valence-electron chi connectivity index (χ0n) is 9.85. The Morgan fingerprint density at radius 1 is 1.61 bits per heavy atom. The van der Waals surface area contributed by atoms with Crippen LogP contribution in [0.1, 0.15) is 19.8 Å². The van der Waals surface area contributed by atoms with Gasteiger partial charge < -0.3 is 11.1 Å². The maximum absolute atomic E-state index is 13.1. The molecule has 0 aliphatic rings. The molecule has 1 aromatic carbocycles. The number of nitro benzene ring substituents is 1. The van der Waals surface area contributed by atoms with Crippen LogP contribution in [-0.2, 0) is 4.79 Å². The van der Waals surface area contributed by atoms with Gasteiger partial charge in [0.25, 0.3) is 0 Å². The fourth-order valence-electron chi connectivity index (χ4n) is 1.41. The molecule has 0 heterocycles. The maximum atomic E-state index is 13.1. The van der Waals surface area contributed by atoms with Gasteiger partial charge in [-0.3, -0.25) is 14.9 Å². The topological polar surface area (TPSA) is 98.3 Å². The minimum absolute atomic E-state index is 0.152. The number of rotatable bonds is 5. The van der Waals surface area contributed by atoms with Crippen molar-refractivity contribution in [3.8, 4) is 0 Å². The average molecular weight is 255 g/mol. The largest absolute Gasteiger partial charge is 0.324 e. The number of amides is 1. The Labute approximate surface area is 103 Å². The molecule has 18 heavy (non-hydrogen) atoms. The van der Waals surface area contributed by atoms with Crippen molar-refractivity contribution in [3.05, 3.63) is 34.1 Å². The summed E-state index contributed by atoms with van der Waals surface area (Å²) in [4.78, 5) is 21.2. The van der Waals surface area contributed by atoms with Crippen LogP contribution in [0.5, 0.6) is 0 Å². The molecule has 1 rings (SSSR count). The van der Waals surface area contributed by atoms with E-state index in [4.69, 9.17) is 5.73 Å². The minimum atomic E-state index is -0.948. The summed E-state index contributed by atoms with van der Waals surface area (Å²) >= 11 is 0. The average Bonchev–Trinajstić information content (AvgIpc) is 2.31. The molecule has 0 saturated heterocycles. The molecule has 7 heteroatoms. The van der Waals surface area contributed by atoms with E-state index in [0.29, 0.717) is 6.42 Å². The molecule has 98 valence electrons. The second kappa shape index (κ2) is 6.06. The van der Waals surface area contributed by atoms with Crippen LogP contribution in [0.2, 0.25) is 0 Å². The summed E-state index contributed by atoms with van der Waals surface area (Å²) in [5, 5.41) is 12.9. The molecule has 0 unspecified atom stereocenters. The molecule has 3 N–H and O–H groups in total. The van der Waals surface area contributed by atoms with Crippen molar-refractivity contribution < 1.29 is 14.1 Å². The molecule has 0 aliphatic carbocycles. The lowest BCUT2D eigenvalue weighted by atomic mass is 10.1. The van der Waals surface area contributed by atoms with Crippen molar-refractivity contribution in [3.63, 3.8) is 0 Å². The summed E-state index contributed by atoms with van der Waals surface area (Å²) in [7, 11) is 0. The maximum Gasteiger partial charge on any atom is 0.306 e. The third-order valence-electron chi connectivity index (χ3n) is 2.35. The highest BCUT2D eigenvalue weighted by Crippen LogP contribution is 2.21. The van der Waals surface area contributed by atoms with Gasteiger partial charge in [0.1, 0.15) is 0 Å². The van der Waals surface area contributed by atoms with Gasteiger partial charge in [-0.05, 0) is 18.6 Å². The molecule has 0 saturated carbocycles. The Balaban J connectivity index is 2.82. The van der Waals surface area contributed by atoms with E-state index in [1.165, 1.54) is 6.07 Å². The number of anilines is 1. The van der Waals surface area contributed by atoms with Crippen molar-refractivity contribution >= 4 is 17.3 Å². The molecular weight excluding hydrogens is 241 g/mol. The second-order valence-corrected chi connectivity index (χ2v) is 3.81. The van der Waals surface area contributed by atoms with E-state index in [9.17, 15) is 19.3 Å². The number of nitrogens with two attached hydrogens (primary N) is 1. The number of benzene rings is 1. The quantitative estimate of drug-likeness (QED) is 0.619. The minimum Gasteiger partial charge on any atom is -0.324 e. The lowest BCUT2D eigenvalue weighted by molar-refractivity contribution is -0.387. The highest BCUT2D eigenvalue weighted by Gasteiger charge is 2.17. The molecule has 0 aromatic heterocycles. The van der Waals surface area contributed by atoms with Gasteiger partial charge in [-0.2, -0.15) is 4.39 Å². The molecule has 0 spiro atoms. The van der Waals surface area contributed by atoms with Gasteiger partial charge in [0.2, 0.25) is 11.7 Å². The summed E-state index contributed by atoms with van der Waals surface area (Å²) in [6.07, 6.45) is 1.26. The van der Waals surface area contributed by atoms with E-state index in [1.807, 2.05) is 6.92 Å². The molecule has 1 atom stereocenters. The zero-order valence-corrected chi connectivity index (χ0v) is 9.85. The predicted molar refractivity (Wildman–Crippen MR) is 64.6 cm³/mol. The van der Waals surface area contributed by atoms with Crippen LogP contribution >= 0.6 is 0 Å². The highest BCUT2D eigenvalue weighted by atomic mass is 19.1. The molecule has 0 fully saturated rings. The van der Waals surface area contributed by atoms with E-state index in [0.717, 1.165) is 18.6 Å². The van der Waals surface area contributed by atoms with E-state index in [1.54, 1.807) is 0 Å². The summed E-state index contributed by atoms with van der Waals surface area (Å²) in [6.45, 7) is 1.88. The number of nitrogens with one attached hydrogen (secondary N) is 1. The lowest BCUT2D eigenvalue weighted by Gasteiger charge is -2.11. The number of nitro groups is 1. The van der Waals surface area contributed by atoms with Gasteiger partial charge in [-0.1, -0.05) is 13.3 Å². The van der Waals surface area contributed by atoms with Crippen LogP contribution < -0.4 is 11.1 Å². The standard InChI is InChI=1S/C11H14FN3O3/c1-2-3-9(13)11(16)14-7-4-5-8(12)10(6-7)15(17)18/h4-6,9H,2-3,13H2,1H3,(H,14,16)/t9-/m0/s1. The van der Waals surface area contributed by atoms with Gasteiger partial charge in [0.15, 0.2) is 0 Å². The smallest absolute Gasteiger partial charge is 0.306 e. The first-order chi connectivity index (χ1) is 8.45. The predicted octanol–water partition coefficient (Wildman–Crippen LogP) is 1.80. The Morgan fingerprint density at radius 2 is 2.28 bits per heavy atom. The number of halogens is 1. The van der Waals surface area contributed by atoms with E-state index in [-0.39, 0.29) is 5.69 Å². The summed E-state index contributed by atoms with van der Waals surface area (Å²) in [5.74, 6) is -1.39. The van der Waals surface area contributed by atoms with Gasteiger partial charge in [0.05, 0.1) is 11.0 Å². The Bertz CT molecular complexity index is 465. The molecule has 0 radical (unpaired) electrons. The van der Waals surface area contributed by atoms with Gasteiger partial charge >= 0.3 is 5.69 Å². The molecule has 0 bridgehead atoms. The van der Waals surface area contributed by atoms with Crippen molar-refractivity contribution in [1.82, 2.24) is 0 Å². The van der Waals surface area contributed by atoms with Crippen LogP contribution in [-0.4, -0.2) is 16.9 Å². The van der Waals surface area contributed by atoms with E-state index >= 15 is 0 Å². The third kappa shape index (κ3) is 3.49.